The smallest absolute Gasteiger partial charge is 0.210 e. The molecule has 0 fully saturated rings. The fourth-order valence-electron chi connectivity index (χ4n) is 2.37. The summed E-state index contributed by atoms with van der Waals surface area (Å²) in [7, 11) is 0. The van der Waals surface area contributed by atoms with Crippen LogP contribution < -0.4 is 4.80 Å². The molecular formula is C17H11Cl2N5S. The Hall–Kier alpha value is -2.41. The molecule has 0 amide bonds. The van der Waals surface area contributed by atoms with Crippen molar-refractivity contribution >= 4 is 40.2 Å². The molecule has 5 nitrogen and oxygen atoms in total. The molecule has 0 bridgehead atoms. The van der Waals surface area contributed by atoms with E-state index in [1.165, 1.54) is 11.3 Å². The molecule has 0 atom stereocenters. The summed E-state index contributed by atoms with van der Waals surface area (Å²) in [6.07, 6.45) is 3.25. The van der Waals surface area contributed by atoms with Crippen molar-refractivity contribution in [1.29, 1.82) is 0 Å². The lowest BCUT2D eigenvalue weighted by molar-refractivity contribution is 0.642. The van der Waals surface area contributed by atoms with Crippen LogP contribution in [-0.4, -0.2) is 19.5 Å². The lowest BCUT2D eigenvalue weighted by Gasteiger charge is -2.09. The first-order chi connectivity index (χ1) is 12.2. The van der Waals surface area contributed by atoms with E-state index in [2.05, 4.69) is 10.2 Å². The Balaban J connectivity index is 1.94. The number of aromatic nitrogens is 4. The molecule has 4 rings (SSSR count). The number of nitrogens with zero attached hydrogens (tertiary/aromatic N) is 5. The third-order valence-corrected chi connectivity index (χ3v) is 5.07. The van der Waals surface area contributed by atoms with Gasteiger partial charge in [0.2, 0.25) is 4.80 Å². The van der Waals surface area contributed by atoms with Gasteiger partial charge < -0.3 is 0 Å². The molecule has 4 aromatic rings. The second-order valence-corrected chi connectivity index (χ2v) is 6.78. The fraction of sp³-hybridized carbons (Fsp3) is 0. The number of para-hydroxylation sites is 1. The van der Waals surface area contributed by atoms with Crippen molar-refractivity contribution in [1.82, 2.24) is 19.5 Å². The monoisotopic (exact) mass is 387 g/mol. The number of hydrogen-bond acceptors (Lipinski definition) is 4. The minimum Gasteiger partial charge on any atom is -0.221 e. The molecule has 2 aromatic heterocycles. The van der Waals surface area contributed by atoms with Crippen LogP contribution in [0.15, 0.2) is 71.6 Å². The highest BCUT2D eigenvalue weighted by molar-refractivity contribution is 7.07. The molecule has 0 aliphatic heterocycles. The maximum absolute atomic E-state index is 6.18. The molecule has 0 saturated heterocycles. The Morgan fingerprint density at radius 2 is 1.68 bits per heavy atom. The first-order valence-corrected chi connectivity index (χ1v) is 8.97. The van der Waals surface area contributed by atoms with E-state index in [9.17, 15) is 0 Å². The van der Waals surface area contributed by atoms with Gasteiger partial charge in [-0.25, -0.2) is 14.3 Å². The molecule has 0 saturated carbocycles. The van der Waals surface area contributed by atoms with Crippen LogP contribution >= 0.6 is 34.5 Å². The first-order valence-electron chi connectivity index (χ1n) is 7.33. The van der Waals surface area contributed by atoms with Gasteiger partial charge in [-0.2, -0.15) is 0 Å². The highest BCUT2D eigenvalue weighted by Gasteiger charge is 2.11. The quantitative estimate of drug-likeness (QED) is 0.513. The van der Waals surface area contributed by atoms with Crippen LogP contribution in [0.3, 0.4) is 0 Å². The third kappa shape index (κ3) is 3.24. The van der Waals surface area contributed by atoms with Gasteiger partial charge >= 0.3 is 0 Å². The lowest BCUT2D eigenvalue weighted by Crippen LogP contribution is -2.21. The molecule has 2 heterocycles. The van der Waals surface area contributed by atoms with E-state index < -0.39 is 0 Å². The van der Waals surface area contributed by atoms with Gasteiger partial charge in [0.1, 0.15) is 12.7 Å². The number of rotatable bonds is 3. The van der Waals surface area contributed by atoms with Gasteiger partial charge in [-0.3, -0.25) is 0 Å². The Morgan fingerprint density at radius 3 is 2.40 bits per heavy atom. The van der Waals surface area contributed by atoms with Crippen LogP contribution in [0.5, 0.6) is 0 Å². The van der Waals surface area contributed by atoms with Gasteiger partial charge in [-0.15, -0.1) is 21.5 Å². The summed E-state index contributed by atoms with van der Waals surface area (Å²) in [5, 5.41) is 10.8. The molecule has 0 radical (unpaired) electrons. The minimum absolute atomic E-state index is 0.502. The van der Waals surface area contributed by atoms with E-state index in [1.54, 1.807) is 23.4 Å². The van der Waals surface area contributed by atoms with Crippen molar-refractivity contribution in [2.45, 2.75) is 0 Å². The van der Waals surface area contributed by atoms with Crippen LogP contribution in [0.1, 0.15) is 0 Å². The molecule has 0 N–H and O–H groups in total. The largest absolute Gasteiger partial charge is 0.221 e. The van der Waals surface area contributed by atoms with Gasteiger partial charge in [0.25, 0.3) is 0 Å². The SMILES string of the molecule is Clc1ccc(-c2csc(=Nc3ccccc3)n2-n2cnnc2)cc1Cl. The van der Waals surface area contributed by atoms with Crippen molar-refractivity contribution in [2.75, 3.05) is 0 Å². The van der Waals surface area contributed by atoms with E-state index >= 15 is 0 Å². The van der Waals surface area contributed by atoms with Gasteiger partial charge in [0.15, 0.2) is 0 Å². The van der Waals surface area contributed by atoms with E-state index in [1.807, 2.05) is 52.5 Å². The van der Waals surface area contributed by atoms with Crippen molar-refractivity contribution in [2.24, 2.45) is 4.99 Å². The topological polar surface area (TPSA) is 48.0 Å². The summed E-state index contributed by atoms with van der Waals surface area (Å²) in [4.78, 5) is 5.51. The van der Waals surface area contributed by atoms with Crippen molar-refractivity contribution in [3.8, 4) is 11.3 Å². The lowest BCUT2D eigenvalue weighted by atomic mass is 10.2. The normalized spacial score (nSPS) is 11.8. The summed E-state index contributed by atoms with van der Waals surface area (Å²) in [5.74, 6) is 0. The standard InChI is InChI=1S/C17H11Cl2N5S/c18-14-7-6-12(8-15(14)19)16-9-25-17(22-13-4-2-1-3-5-13)24(16)23-10-20-21-11-23/h1-11H. The van der Waals surface area contributed by atoms with Gasteiger partial charge in [-0.1, -0.05) is 47.5 Å². The Kier molecular flexibility index (Phi) is 4.40. The summed E-state index contributed by atoms with van der Waals surface area (Å²) in [5.41, 5.74) is 2.71. The molecule has 124 valence electrons. The highest BCUT2D eigenvalue weighted by Crippen LogP contribution is 2.29. The van der Waals surface area contributed by atoms with E-state index in [0.29, 0.717) is 10.0 Å². The van der Waals surface area contributed by atoms with E-state index in [-0.39, 0.29) is 0 Å². The third-order valence-electron chi connectivity index (χ3n) is 3.52. The van der Waals surface area contributed by atoms with Gasteiger partial charge in [-0.05, 0) is 24.3 Å². The Bertz CT molecular complexity index is 1070. The maximum Gasteiger partial charge on any atom is 0.210 e. The van der Waals surface area contributed by atoms with Crippen LogP contribution in [0.25, 0.3) is 11.3 Å². The maximum atomic E-state index is 6.18. The molecule has 2 aromatic carbocycles. The van der Waals surface area contributed by atoms with E-state index in [4.69, 9.17) is 28.2 Å². The summed E-state index contributed by atoms with van der Waals surface area (Å²) < 4.78 is 3.70. The second kappa shape index (κ2) is 6.84. The van der Waals surface area contributed by atoms with Crippen molar-refractivity contribution < 1.29 is 0 Å². The molecule has 0 spiro atoms. The number of hydrogen-bond donors (Lipinski definition) is 0. The molecule has 0 unspecified atom stereocenters. The molecule has 8 heteroatoms. The number of thiazole rings is 1. The average Bonchev–Trinajstić information content (AvgIpc) is 3.28. The minimum atomic E-state index is 0.502. The predicted octanol–water partition coefficient (Wildman–Crippen LogP) is 4.66. The van der Waals surface area contributed by atoms with Crippen molar-refractivity contribution in [3.63, 3.8) is 0 Å². The zero-order chi connectivity index (χ0) is 17.2. The van der Waals surface area contributed by atoms with Gasteiger partial charge in [0, 0.05) is 10.9 Å². The van der Waals surface area contributed by atoms with Crippen molar-refractivity contribution in [3.05, 3.63) is 81.4 Å². The summed E-state index contributed by atoms with van der Waals surface area (Å²) in [6.45, 7) is 0. The van der Waals surface area contributed by atoms with Crippen LogP contribution in [0, 0.1) is 0 Å². The molecule has 25 heavy (non-hydrogen) atoms. The van der Waals surface area contributed by atoms with Crippen LogP contribution in [0.4, 0.5) is 5.69 Å². The van der Waals surface area contributed by atoms with E-state index in [0.717, 1.165) is 21.7 Å². The highest BCUT2D eigenvalue weighted by atomic mass is 35.5. The predicted molar refractivity (Wildman–Crippen MR) is 100 cm³/mol. The summed E-state index contributed by atoms with van der Waals surface area (Å²) in [6, 6.07) is 15.3. The second-order valence-electron chi connectivity index (χ2n) is 5.13. The van der Waals surface area contributed by atoms with Crippen LogP contribution in [0.2, 0.25) is 10.0 Å². The molecule has 0 aliphatic carbocycles. The molecular weight excluding hydrogens is 377 g/mol. The number of halogens is 2. The Morgan fingerprint density at radius 1 is 0.920 bits per heavy atom. The molecule has 0 aliphatic rings. The number of benzene rings is 2. The van der Waals surface area contributed by atoms with Gasteiger partial charge in [0.05, 0.1) is 21.4 Å². The Labute approximate surface area is 157 Å². The first kappa shape index (κ1) is 16.1. The average molecular weight is 388 g/mol. The summed E-state index contributed by atoms with van der Waals surface area (Å²) >= 11 is 13.7. The zero-order valence-electron chi connectivity index (χ0n) is 12.8. The fourth-order valence-corrected chi connectivity index (χ4v) is 3.57. The zero-order valence-corrected chi connectivity index (χ0v) is 15.1. The van der Waals surface area contributed by atoms with Crippen LogP contribution in [-0.2, 0) is 0 Å².